The topological polar surface area (TPSA) is 51.2 Å². The Kier molecular flexibility index (Phi) is 6.25. The third kappa shape index (κ3) is 6.02. The van der Waals surface area contributed by atoms with Crippen molar-refractivity contribution < 1.29 is 9.53 Å². The number of nitrogens with zero attached hydrogens (tertiary/aromatic N) is 1. The summed E-state index contributed by atoms with van der Waals surface area (Å²) in [6.45, 7) is 6.30. The molecule has 0 aromatic carbocycles. The van der Waals surface area contributed by atoms with Crippen molar-refractivity contribution >= 4 is 5.91 Å². The molecule has 1 rings (SSSR count). The zero-order chi connectivity index (χ0) is 12.5. The smallest absolute Gasteiger partial charge is 0.269 e. The Labute approximate surface area is 102 Å². The quantitative estimate of drug-likeness (QED) is 0.735. The summed E-state index contributed by atoms with van der Waals surface area (Å²) in [5.74, 6) is 0.424. The van der Waals surface area contributed by atoms with Crippen LogP contribution in [0.25, 0.3) is 0 Å². The number of ether oxygens (including phenoxy) is 1. The molecule has 0 radical (unpaired) electrons. The first-order valence-corrected chi connectivity index (χ1v) is 5.97. The van der Waals surface area contributed by atoms with Crippen LogP contribution in [0, 0.1) is 5.92 Å². The van der Waals surface area contributed by atoms with Crippen LogP contribution in [0.15, 0.2) is 24.4 Å². The van der Waals surface area contributed by atoms with Gasteiger partial charge in [-0.05, 0) is 24.5 Å². The Morgan fingerprint density at radius 1 is 1.47 bits per heavy atom. The second-order valence-electron chi connectivity index (χ2n) is 4.29. The van der Waals surface area contributed by atoms with E-state index in [0.29, 0.717) is 24.8 Å². The summed E-state index contributed by atoms with van der Waals surface area (Å²) < 4.78 is 5.42. The highest BCUT2D eigenvalue weighted by Gasteiger charge is 2.04. The van der Waals surface area contributed by atoms with Crippen LogP contribution in [0.2, 0.25) is 0 Å². The average Bonchev–Trinajstić information content (AvgIpc) is 2.34. The average molecular weight is 236 g/mol. The first-order chi connectivity index (χ1) is 8.20. The van der Waals surface area contributed by atoms with Crippen LogP contribution < -0.4 is 5.32 Å². The molecule has 0 aliphatic carbocycles. The Hall–Kier alpha value is -1.42. The third-order valence-electron chi connectivity index (χ3n) is 2.10. The van der Waals surface area contributed by atoms with Crippen molar-refractivity contribution in [1.29, 1.82) is 0 Å². The van der Waals surface area contributed by atoms with Gasteiger partial charge in [0, 0.05) is 26.0 Å². The fourth-order valence-corrected chi connectivity index (χ4v) is 1.28. The van der Waals surface area contributed by atoms with Crippen molar-refractivity contribution in [3.05, 3.63) is 30.1 Å². The van der Waals surface area contributed by atoms with Gasteiger partial charge in [-0.15, -0.1) is 0 Å². The van der Waals surface area contributed by atoms with E-state index in [1.807, 2.05) is 0 Å². The molecule has 0 atom stereocenters. The Bertz CT molecular complexity index is 325. The van der Waals surface area contributed by atoms with E-state index < -0.39 is 0 Å². The van der Waals surface area contributed by atoms with Gasteiger partial charge in [-0.25, -0.2) is 0 Å². The van der Waals surface area contributed by atoms with E-state index in [4.69, 9.17) is 4.74 Å². The minimum atomic E-state index is -0.130. The van der Waals surface area contributed by atoms with Gasteiger partial charge in [0.1, 0.15) is 5.69 Å². The van der Waals surface area contributed by atoms with Crippen LogP contribution in [0.1, 0.15) is 30.8 Å². The summed E-state index contributed by atoms with van der Waals surface area (Å²) in [5, 5.41) is 2.81. The second-order valence-corrected chi connectivity index (χ2v) is 4.29. The molecule has 0 aliphatic rings. The summed E-state index contributed by atoms with van der Waals surface area (Å²) in [7, 11) is 0. The molecule has 0 fully saturated rings. The number of pyridine rings is 1. The van der Waals surface area contributed by atoms with E-state index in [2.05, 4.69) is 24.1 Å². The number of carbonyl (C=O) groups excluding carboxylic acids is 1. The van der Waals surface area contributed by atoms with Crippen molar-refractivity contribution in [3.63, 3.8) is 0 Å². The summed E-state index contributed by atoms with van der Waals surface area (Å²) in [6.07, 6.45) is 2.44. The number of nitrogens with one attached hydrogen (secondary N) is 1. The Morgan fingerprint density at radius 3 is 2.94 bits per heavy atom. The van der Waals surface area contributed by atoms with Crippen molar-refractivity contribution in [2.24, 2.45) is 5.92 Å². The van der Waals surface area contributed by atoms with Gasteiger partial charge in [-0.3, -0.25) is 9.78 Å². The molecular formula is C13H20N2O2. The molecule has 4 nitrogen and oxygen atoms in total. The largest absolute Gasteiger partial charge is 0.381 e. The third-order valence-corrected chi connectivity index (χ3v) is 2.10. The van der Waals surface area contributed by atoms with Gasteiger partial charge in [0.15, 0.2) is 0 Å². The van der Waals surface area contributed by atoms with Gasteiger partial charge in [0.05, 0.1) is 0 Å². The maximum absolute atomic E-state index is 11.6. The van der Waals surface area contributed by atoms with Crippen LogP contribution in [0.3, 0.4) is 0 Å². The molecule has 0 bridgehead atoms. The number of carbonyl (C=O) groups is 1. The molecule has 0 saturated heterocycles. The second kappa shape index (κ2) is 7.79. The summed E-state index contributed by atoms with van der Waals surface area (Å²) in [6, 6.07) is 5.29. The van der Waals surface area contributed by atoms with Gasteiger partial charge in [-0.1, -0.05) is 19.9 Å². The van der Waals surface area contributed by atoms with Gasteiger partial charge in [-0.2, -0.15) is 0 Å². The standard InChI is InChI=1S/C13H20N2O2/c1-11(2)10-17-9-5-8-15-13(16)12-6-3-4-7-14-12/h3-4,6-7,11H,5,8-10H2,1-2H3,(H,15,16). The van der Waals surface area contributed by atoms with E-state index >= 15 is 0 Å². The van der Waals surface area contributed by atoms with Crippen LogP contribution in [-0.4, -0.2) is 30.6 Å². The molecule has 0 unspecified atom stereocenters. The maximum atomic E-state index is 11.6. The van der Waals surface area contributed by atoms with Gasteiger partial charge >= 0.3 is 0 Å². The van der Waals surface area contributed by atoms with E-state index in [-0.39, 0.29) is 5.91 Å². The highest BCUT2D eigenvalue weighted by Crippen LogP contribution is 1.94. The number of rotatable bonds is 7. The lowest BCUT2D eigenvalue weighted by atomic mass is 10.2. The van der Waals surface area contributed by atoms with Crippen LogP contribution in [0.5, 0.6) is 0 Å². The molecule has 0 spiro atoms. The molecule has 4 heteroatoms. The summed E-state index contributed by atoms with van der Waals surface area (Å²) in [4.78, 5) is 15.5. The Morgan fingerprint density at radius 2 is 2.29 bits per heavy atom. The van der Waals surface area contributed by atoms with Crippen molar-refractivity contribution in [2.45, 2.75) is 20.3 Å². The van der Waals surface area contributed by atoms with Crippen molar-refractivity contribution in [1.82, 2.24) is 10.3 Å². The minimum absolute atomic E-state index is 0.130. The molecule has 17 heavy (non-hydrogen) atoms. The summed E-state index contributed by atoms with van der Waals surface area (Å²) in [5.41, 5.74) is 0.454. The fourth-order valence-electron chi connectivity index (χ4n) is 1.28. The van der Waals surface area contributed by atoms with Crippen LogP contribution >= 0.6 is 0 Å². The zero-order valence-electron chi connectivity index (χ0n) is 10.5. The molecule has 1 aromatic rings. The van der Waals surface area contributed by atoms with Crippen molar-refractivity contribution in [3.8, 4) is 0 Å². The lowest BCUT2D eigenvalue weighted by molar-refractivity contribution is 0.0920. The van der Waals surface area contributed by atoms with Gasteiger partial charge < -0.3 is 10.1 Å². The highest BCUT2D eigenvalue weighted by molar-refractivity contribution is 5.92. The molecule has 94 valence electrons. The van der Waals surface area contributed by atoms with Gasteiger partial charge in [0.25, 0.3) is 5.91 Å². The predicted octanol–water partition coefficient (Wildman–Crippen LogP) is 1.87. The first-order valence-electron chi connectivity index (χ1n) is 5.97. The zero-order valence-corrected chi connectivity index (χ0v) is 10.5. The van der Waals surface area contributed by atoms with Gasteiger partial charge in [0.2, 0.25) is 0 Å². The van der Waals surface area contributed by atoms with E-state index in [0.717, 1.165) is 13.0 Å². The van der Waals surface area contributed by atoms with E-state index in [1.165, 1.54) is 0 Å². The first kappa shape index (κ1) is 13.6. The molecule has 1 N–H and O–H groups in total. The Balaban J connectivity index is 2.09. The fraction of sp³-hybridized carbons (Fsp3) is 0.538. The maximum Gasteiger partial charge on any atom is 0.269 e. The molecule has 1 amide bonds. The molecule has 1 heterocycles. The monoisotopic (exact) mass is 236 g/mol. The number of hydrogen-bond donors (Lipinski definition) is 1. The lowest BCUT2D eigenvalue weighted by Crippen LogP contribution is -2.26. The SMILES string of the molecule is CC(C)COCCCNC(=O)c1ccccn1. The van der Waals surface area contributed by atoms with E-state index in [9.17, 15) is 4.79 Å². The lowest BCUT2D eigenvalue weighted by Gasteiger charge is -2.07. The highest BCUT2D eigenvalue weighted by atomic mass is 16.5. The number of aromatic nitrogens is 1. The van der Waals surface area contributed by atoms with Crippen LogP contribution in [0.4, 0.5) is 0 Å². The van der Waals surface area contributed by atoms with Crippen LogP contribution in [-0.2, 0) is 4.74 Å². The number of hydrogen-bond acceptors (Lipinski definition) is 3. The normalized spacial score (nSPS) is 10.5. The molecule has 0 saturated carbocycles. The number of amides is 1. The van der Waals surface area contributed by atoms with E-state index in [1.54, 1.807) is 24.4 Å². The predicted molar refractivity (Wildman–Crippen MR) is 66.8 cm³/mol. The molecular weight excluding hydrogens is 216 g/mol. The molecule has 1 aromatic heterocycles. The molecule has 0 aliphatic heterocycles. The minimum Gasteiger partial charge on any atom is -0.381 e. The summed E-state index contributed by atoms with van der Waals surface area (Å²) >= 11 is 0. The van der Waals surface area contributed by atoms with Crippen molar-refractivity contribution in [2.75, 3.05) is 19.8 Å².